The van der Waals surface area contributed by atoms with Gasteiger partial charge in [0.15, 0.2) is 0 Å². The third-order valence-corrected chi connectivity index (χ3v) is 2.96. The number of nitrogens with one attached hydrogen (secondary N) is 1. The summed E-state index contributed by atoms with van der Waals surface area (Å²) >= 11 is 0. The number of hydrogen-bond donors (Lipinski definition) is 1. The van der Waals surface area contributed by atoms with Crippen LogP contribution >= 0.6 is 0 Å². The van der Waals surface area contributed by atoms with Gasteiger partial charge >= 0.3 is 0 Å². The van der Waals surface area contributed by atoms with E-state index in [-0.39, 0.29) is 0 Å². The molecule has 1 heterocycles. The normalized spacial score (nSPS) is 12.0. The van der Waals surface area contributed by atoms with E-state index in [9.17, 15) is 0 Å². The average Bonchev–Trinajstić information content (AvgIpc) is 2.72. The van der Waals surface area contributed by atoms with Crippen LogP contribution in [0.1, 0.15) is 46.1 Å². The zero-order valence-corrected chi connectivity index (χ0v) is 12.5. The third-order valence-electron chi connectivity index (χ3n) is 2.96. The Morgan fingerprint density at radius 3 is 2.39 bits per heavy atom. The number of hydrogen-bond acceptors (Lipinski definition) is 3. The Hall–Kier alpha value is -0.800. The van der Waals surface area contributed by atoms with E-state index in [1.807, 2.05) is 0 Å². The van der Waals surface area contributed by atoms with Gasteiger partial charge < -0.3 is 9.73 Å². The van der Waals surface area contributed by atoms with E-state index >= 15 is 0 Å². The monoisotopic (exact) mass is 252 g/mol. The van der Waals surface area contributed by atoms with Crippen LogP contribution < -0.4 is 5.32 Å². The Morgan fingerprint density at radius 2 is 1.83 bits per heavy atom. The fraction of sp³-hybridized carbons (Fsp3) is 0.733. The van der Waals surface area contributed by atoms with E-state index in [1.165, 1.54) is 0 Å². The van der Waals surface area contributed by atoms with Crippen LogP contribution in [0, 0.1) is 5.92 Å². The highest BCUT2D eigenvalue weighted by Gasteiger charge is 2.13. The van der Waals surface area contributed by atoms with Gasteiger partial charge in [0.1, 0.15) is 11.5 Å². The van der Waals surface area contributed by atoms with Crippen LogP contribution in [0.4, 0.5) is 0 Å². The van der Waals surface area contributed by atoms with Crippen molar-refractivity contribution in [1.82, 2.24) is 10.2 Å². The second-order valence-electron chi connectivity index (χ2n) is 5.57. The van der Waals surface area contributed by atoms with Crippen LogP contribution in [-0.2, 0) is 13.1 Å². The topological polar surface area (TPSA) is 28.4 Å². The second-order valence-corrected chi connectivity index (χ2v) is 5.57. The predicted molar refractivity (Wildman–Crippen MR) is 76.5 cm³/mol. The molecule has 0 unspecified atom stereocenters. The maximum atomic E-state index is 5.84. The Bertz CT molecular complexity index is 331. The van der Waals surface area contributed by atoms with Gasteiger partial charge in [0.25, 0.3) is 0 Å². The summed E-state index contributed by atoms with van der Waals surface area (Å²) in [6.07, 6.45) is 0. The summed E-state index contributed by atoms with van der Waals surface area (Å²) in [5.74, 6) is 2.78. The molecular formula is C15H28N2O. The minimum atomic E-state index is 0.551. The second kappa shape index (κ2) is 7.59. The van der Waals surface area contributed by atoms with Crippen molar-refractivity contribution in [1.29, 1.82) is 0 Å². The fourth-order valence-corrected chi connectivity index (χ4v) is 1.98. The maximum absolute atomic E-state index is 5.84. The minimum Gasteiger partial charge on any atom is -0.463 e. The Morgan fingerprint density at radius 1 is 1.17 bits per heavy atom. The molecule has 0 saturated carbocycles. The van der Waals surface area contributed by atoms with E-state index in [0.29, 0.717) is 12.0 Å². The van der Waals surface area contributed by atoms with Crippen molar-refractivity contribution in [3.63, 3.8) is 0 Å². The van der Waals surface area contributed by atoms with Crippen molar-refractivity contribution in [3.05, 3.63) is 23.7 Å². The van der Waals surface area contributed by atoms with Gasteiger partial charge in [-0.2, -0.15) is 0 Å². The Balaban J connectivity index is 2.55. The summed E-state index contributed by atoms with van der Waals surface area (Å²) in [6.45, 7) is 14.9. The molecule has 0 aliphatic rings. The van der Waals surface area contributed by atoms with Gasteiger partial charge in [0, 0.05) is 12.6 Å². The van der Waals surface area contributed by atoms with E-state index in [0.717, 1.165) is 37.7 Å². The molecule has 0 aliphatic heterocycles. The van der Waals surface area contributed by atoms with E-state index in [2.05, 4.69) is 57.0 Å². The highest BCUT2D eigenvalue weighted by molar-refractivity contribution is 5.07. The lowest BCUT2D eigenvalue weighted by Crippen LogP contribution is -2.33. The van der Waals surface area contributed by atoms with Crippen LogP contribution in [0.3, 0.4) is 0 Å². The first-order chi connectivity index (χ1) is 8.52. The highest BCUT2D eigenvalue weighted by atomic mass is 16.3. The molecule has 0 atom stereocenters. The molecule has 1 N–H and O–H groups in total. The van der Waals surface area contributed by atoms with Gasteiger partial charge in [-0.05, 0) is 38.4 Å². The highest BCUT2D eigenvalue weighted by Crippen LogP contribution is 2.14. The number of nitrogens with zero attached hydrogens (tertiary/aromatic N) is 1. The summed E-state index contributed by atoms with van der Waals surface area (Å²) in [5, 5.41) is 3.28. The lowest BCUT2D eigenvalue weighted by molar-refractivity contribution is 0.174. The summed E-state index contributed by atoms with van der Waals surface area (Å²) in [6, 6.07) is 4.73. The fourth-order valence-electron chi connectivity index (χ4n) is 1.98. The molecule has 0 fully saturated rings. The Kier molecular flexibility index (Phi) is 6.44. The molecule has 0 bridgehead atoms. The minimum absolute atomic E-state index is 0.551. The molecule has 0 aliphatic carbocycles. The number of furan rings is 1. The molecular weight excluding hydrogens is 224 g/mol. The molecule has 0 aromatic carbocycles. The molecule has 1 aromatic rings. The van der Waals surface area contributed by atoms with Crippen LogP contribution in [0.15, 0.2) is 16.5 Å². The molecule has 1 rings (SSSR count). The van der Waals surface area contributed by atoms with E-state index in [1.54, 1.807) is 0 Å². The molecule has 3 heteroatoms. The van der Waals surface area contributed by atoms with Crippen molar-refractivity contribution in [2.75, 3.05) is 13.1 Å². The number of rotatable bonds is 8. The van der Waals surface area contributed by atoms with Crippen LogP contribution in [0.5, 0.6) is 0 Å². The first kappa shape index (κ1) is 15.3. The molecule has 18 heavy (non-hydrogen) atoms. The first-order valence-electron chi connectivity index (χ1n) is 7.05. The first-order valence-corrected chi connectivity index (χ1v) is 7.05. The lowest BCUT2D eigenvalue weighted by atomic mass is 10.1. The van der Waals surface area contributed by atoms with Crippen molar-refractivity contribution >= 4 is 0 Å². The molecule has 0 radical (unpaired) electrons. The molecule has 3 nitrogen and oxygen atoms in total. The Labute approximate surface area is 112 Å². The van der Waals surface area contributed by atoms with Crippen molar-refractivity contribution in [3.8, 4) is 0 Å². The molecule has 104 valence electrons. The van der Waals surface area contributed by atoms with Crippen LogP contribution in [0.25, 0.3) is 0 Å². The maximum Gasteiger partial charge on any atom is 0.118 e. The van der Waals surface area contributed by atoms with Gasteiger partial charge in [-0.15, -0.1) is 0 Å². The zero-order valence-electron chi connectivity index (χ0n) is 12.5. The zero-order chi connectivity index (χ0) is 13.5. The van der Waals surface area contributed by atoms with Gasteiger partial charge in [-0.1, -0.05) is 20.8 Å². The summed E-state index contributed by atoms with van der Waals surface area (Å²) in [4.78, 5) is 2.46. The summed E-state index contributed by atoms with van der Waals surface area (Å²) in [5.41, 5.74) is 0. The molecule has 0 amide bonds. The molecule has 0 saturated heterocycles. The average molecular weight is 252 g/mol. The largest absolute Gasteiger partial charge is 0.463 e. The third kappa shape index (κ3) is 5.23. The lowest BCUT2D eigenvalue weighted by Gasteiger charge is -2.27. The van der Waals surface area contributed by atoms with Crippen LogP contribution in [0.2, 0.25) is 0 Å². The van der Waals surface area contributed by atoms with Crippen molar-refractivity contribution in [2.24, 2.45) is 5.92 Å². The molecule has 0 spiro atoms. The predicted octanol–water partition coefficient (Wildman–Crippen LogP) is 3.26. The standard InChI is InChI=1S/C15H28N2O/c1-6-16-9-14-7-8-15(18-14)11-17(13(4)5)10-12(2)3/h7-8,12-13,16H,6,9-11H2,1-5H3. The van der Waals surface area contributed by atoms with Gasteiger partial charge in [-0.3, -0.25) is 4.90 Å². The quantitative estimate of drug-likeness (QED) is 0.770. The smallest absolute Gasteiger partial charge is 0.118 e. The van der Waals surface area contributed by atoms with Crippen molar-refractivity contribution < 1.29 is 4.42 Å². The van der Waals surface area contributed by atoms with Gasteiger partial charge in [-0.25, -0.2) is 0 Å². The van der Waals surface area contributed by atoms with Gasteiger partial charge in [0.05, 0.1) is 13.1 Å². The molecule has 1 aromatic heterocycles. The van der Waals surface area contributed by atoms with E-state index < -0.39 is 0 Å². The van der Waals surface area contributed by atoms with Crippen molar-refractivity contribution in [2.45, 2.75) is 53.8 Å². The summed E-state index contributed by atoms with van der Waals surface area (Å²) < 4.78 is 5.84. The SMILES string of the molecule is CCNCc1ccc(CN(CC(C)C)C(C)C)o1. The van der Waals surface area contributed by atoms with Crippen LogP contribution in [-0.4, -0.2) is 24.0 Å². The summed E-state index contributed by atoms with van der Waals surface area (Å²) in [7, 11) is 0. The van der Waals surface area contributed by atoms with Gasteiger partial charge in [0.2, 0.25) is 0 Å². The van der Waals surface area contributed by atoms with E-state index in [4.69, 9.17) is 4.42 Å².